The van der Waals surface area contributed by atoms with Crippen LogP contribution in [0.25, 0.3) is 0 Å². The van der Waals surface area contributed by atoms with Gasteiger partial charge in [-0.2, -0.15) is 0 Å². The highest BCUT2D eigenvalue weighted by molar-refractivity contribution is 5.71. The molecule has 2 atom stereocenters. The van der Waals surface area contributed by atoms with Crippen LogP contribution in [0.2, 0.25) is 0 Å². The van der Waals surface area contributed by atoms with Crippen LogP contribution in [-0.2, 0) is 28.6 Å². The predicted molar refractivity (Wildman–Crippen MR) is 298 cm³/mol. The number of hydrogen-bond donors (Lipinski definition) is 0. The summed E-state index contributed by atoms with van der Waals surface area (Å²) in [6, 6.07) is 0. The van der Waals surface area contributed by atoms with Crippen molar-refractivity contribution in [2.75, 3.05) is 13.2 Å². The minimum absolute atomic E-state index is 0.0629. The zero-order valence-corrected chi connectivity index (χ0v) is 47.6. The van der Waals surface area contributed by atoms with Gasteiger partial charge < -0.3 is 14.2 Å². The van der Waals surface area contributed by atoms with Crippen LogP contribution in [0, 0.1) is 17.8 Å². The lowest BCUT2D eigenvalue weighted by molar-refractivity contribution is -0.167. The smallest absolute Gasteiger partial charge is 0.306 e. The van der Waals surface area contributed by atoms with Crippen LogP contribution in [0.5, 0.6) is 0 Å². The van der Waals surface area contributed by atoms with Crippen molar-refractivity contribution in [3.05, 3.63) is 0 Å². The summed E-state index contributed by atoms with van der Waals surface area (Å²) in [5, 5.41) is 0. The molecule has 0 bridgehead atoms. The topological polar surface area (TPSA) is 78.9 Å². The standard InChI is InChI=1S/C63H122O6/c1-7-59(6)51-45-39-33-27-23-24-29-35-41-47-53-62(65)68-56-60(55-67-61(64)52-46-40-34-28-21-17-14-10-12-16-20-26-32-38-44-50-58(4)5)69-63(66)54-48-42-36-30-22-18-13-9-8-11-15-19-25-31-37-43-49-57(2)3/h57-60H,7-56H2,1-6H3/t59?,60-/m0/s1. The normalized spacial score (nSPS) is 12.5. The van der Waals surface area contributed by atoms with Crippen molar-refractivity contribution in [2.45, 2.75) is 356 Å². The van der Waals surface area contributed by atoms with Crippen molar-refractivity contribution in [1.29, 1.82) is 0 Å². The second-order valence-corrected chi connectivity index (χ2v) is 22.9. The van der Waals surface area contributed by atoms with Gasteiger partial charge in [-0.3, -0.25) is 14.4 Å². The van der Waals surface area contributed by atoms with Gasteiger partial charge in [0.25, 0.3) is 0 Å². The summed E-state index contributed by atoms with van der Waals surface area (Å²) in [5.41, 5.74) is 0. The van der Waals surface area contributed by atoms with Crippen molar-refractivity contribution in [3.8, 4) is 0 Å². The van der Waals surface area contributed by atoms with Gasteiger partial charge in [0.2, 0.25) is 0 Å². The number of hydrogen-bond acceptors (Lipinski definition) is 6. The predicted octanol–water partition coefficient (Wildman–Crippen LogP) is 20.7. The Morgan fingerprint density at radius 1 is 0.290 bits per heavy atom. The quantitative estimate of drug-likeness (QED) is 0.0343. The first-order valence-electron chi connectivity index (χ1n) is 31.1. The third-order valence-electron chi connectivity index (χ3n) is 14.8. The van der Waals surface area contributed by atoms with Crippen molar-refractivity contribution in [3.63, 3.8) is 0 Å². The Labute approximate surface area is 431 Å². The van der Waals surface area contributed by atoms with E-state index in [-0.39, 0.29) is 31.1 Å². The Bertz CT molecular complexity index is 1070. The minimum Gasteiger partial charge on any atom is -0.462 e. The molecule has 1 unspecified atom stereocenters. The molecule has 0 aromatic heterocycles. The van der Waals surface area contributed by atoms with E-state index in [0.29, 0.717) is 19.3 Å². The first-order valence-corrected chi connectivity index (χ1v) is 31.1. The lowest BCUT2D eigenvalue weighted by Crippen LogP contribution is -2.30. The summed E-state index contributed by atoms with van der Waals surface area (Å²) in [6.45, 7) is 13.8. The Balaban J connectivity index is 4.29. The third kappa shape index (κ3) is 55.6. The lowest BCUT2D eigenvalue weighted by atomic mass is 9.99. The Morgan fingerprint density at radius 3 is 0.754 bits per heavy atom. The highest BCUT2D eigenvalue weighted by Gasteiger charge is 2.19. The van der Waals surface area contributed by atoms with E-state index in [0.717, 1.165) is 75.5 Å². The molecule has 0 aromatic carbocycles. The zero-order chi connectivity index (χ0) is 50.5. The fraction of sp³-hybridized carbons (Fsp3) is 0.952. The molecule has 0 aliphatic carbocycles. The monoisotopic (exact) mass is 975 g/mol. The molecule has 0 saturated heterocycles. The van der Waals surface area contributed by atoms with Crippen LogP contribution in [0.3, 0.4) is 0 Å². The molecule has 0 amide bonds. The van der Waals surface area contributed by atoms with Crippen molar-refractivity contribution in [1.82, 2.24) is 0 Å². The molecule has 69 heavy (non-hydrogen) atoms. The molecule has 0 radical (unpaired) electrons. The number of carbonyl (C=O) groups is 3. The van der Waals surface area contributed by atoms with Gasteiger partial charge >= 0.3 is 17.9 Å². The Morgan fingerprint density at radius 2 is 0.507 bits per heavy atom. The van der Waals surface area contributed by atoms with E-state index in [1.807, 2.05) is 0 Å². The SMILES string of the molecule is CCC(C)CCCCCCCCCCCCC(=O)OC[C@H](COC(=O)CCCCCCCCCCCCCCCCCC(C)C)OC(=O)CCCCCCCCCCCCCCCCCCC(C)C. The van der Waals surface area contributed by atoms with E-state index in [4.69, 9.17) is 14.2 Å². The number of carbonyl (C=O) groups excluding carboxylic acids is 3. The Hall–Kier alpha value is -1.59. The van der Waals surface area contributed by atoms with Gasteiger partial charge in [0.1, 0.15) is 13.2 Å². The largest absolute Gasteiger partial charge is 0.462 e. The van der Waals surface area contributed by atoms with E-state index in [1.54, 1.807) is 0 Å². The van der Waals surface area contributed by atoms with E-state index in [2.05, 4.69) is 41.5 Å². The summed E-state index contributed by atoms with van der Waals surface area (Å²) in [7, 11) is 0. The molecule has 410 valence electrons. The molecule has 0 saturated carbocycles. The third-order valence-corrected chi connectivity index (χ3v) is 14.8. The van der Waals surface area contributed by atoms with Gasteiger partial charge in [-0.05, 0) is 37.0 Å². The van der Waals surface area contributed by atoms with Crippen molar-refractivity contribution in [2.24, 2.45) is 17.8 Å². The number of ether oxygens (including phenoxy) is 3. The fourth-order valence-corrected chi connectivity index (χ4v) is 9.67. The second-order valence-electron chi connectivity index (χ2n) is 22.9. The molecule has 0 aromatic rings. The zero-order valence-electron chi connectivity index (χ0n) is 47.6. The highest BCUT2D eigenvalue weighted by Crippen LogP contribution is 2.19. The fourth-order valence-electron chi connectivity index (χ4n) is 9.67. The van der Waals surface area contributed by atoms with Gasteiger partial charge in [-0.25, -0.2) is 0 Å². The van der Waals surface area contributed by atoms with Crippen LogP contribution in [-0.4, -0.2) is 37.2 Å². The van der Waals surface area contributed by atoms with Crippen LogP contribution >= 0.6 is 0 Å². The molecule has 6 heteroatoms. The summed E-state index contributed by atoms with van der Waals surface area (Å²) in [5.74, 6) is 1.73. The van der Waals surface area contributed by atoms with Gasteiger partial charge in [0.15, 0.2) is 6.10 Å². The van der Waals surface area contributed by atoms with Crippen LogP contribution in [0.15, 0.2) is 0 Å². The summed E-state index contributed by atoms with van der Waals surface area (Å²) in [6.07, 6.45) is 58.1. The summed E-state index contributed by atoms with van der Waals surface area (Å²) in [4.78, 5) is 38.3. The average Bonchev–Trinajstić information content (AvgIpc) is 3.32. The van der Waals surface area contributed by atoms with Gasteiger partial charge in [-0.1, -0.05) is 311 Å². The highest BCUT2D eigenvalue weighted by atomic mass is 16.6. The molecular weight excluding hydrogens is 853 g/mol. The molecule has 0 heterocycles. The molecule has 0 N–H and O–H groups in total. The van der Waals surface area contributed by atoms with Gasteiger partial charge in [-0.15, -0.1) is 0 Å². The van der Waals surface area contributed by atoms with Crippen LogP contribution < -0.4 is 0 Å². The molecular formula is C63H122O6. The summed E-state index contributed by atoms with van der Waals surface area (Å²) >= 11 is 0. The maximum atomic E-state index is 12.9. The van der Waals surface area contributed by atoms with E-state index < -0.39 is 6.10 Å². The number of unbranched alkanes of at least 4 members (excludes halogenated alkanes) is 38. The second kappa shape index (κ2) is 54.2. The van der Waals surface area contributed by atoms with E-state index >= 15 is 0 Å². The van der Waals surface area contributed by atoms with Crippen LogP contribution in [0.1, 0.15) is 350 Å². The molecule has 0 aliphatic rings. The molecule has 0 fully saturated rings. The number of esters is 3. The lowest BCUT2D eigenvalue weighted by Gasteiger charge is -2.18. The molecule has 0 rings (SSSR count). The minimum atomic E-state index is -0.764. The maximum Gasteiger partial charge on any atom is 0.306 e. The van der Waals surface area contributed by atoms with E-state index in [1.165, 1.54) is 231 Å². The van der Waals surface area contributed by atoms with Crippen LogP contribution in [0.4, 0.5) is 0 Å². The van der Waals surface area contributed by atoms with Gasteiger partial charge in [0.05, 0.1) is 0 Å². The molecule has 0 spiro atoms. The van der Waals surface area contributed by atoms with Gasteiger partial charge in [0, 0.05) is 19.3 Å². The van der Waals surface area contributed by atoms with E-state index in [9.17, 15) is 14.4 Å². The van der Waals surface area contributed by atoms with Crippen molar-refractivity contribution >= 4 is 17.9 Å². The Kier molecular flexibility index (Phi) is 52.9. The first kappa shape index (κ1) is 67.4. The first-order chi connectivity index (χ1) is 33.6. The number of rotatable bonds is 56. The van der Waals surface area contributed by atoms with Crippen molar-refractivity contribution < 1.29 is 28.6 Å². The maximum absolute atomic E-state index is 12.9. The molecule has 6 nitrogen and oxygen atoms in total. The average molecular weight is 976 g/mol. The summed E-state index contributed by atoms with van der Waals surface area (Å²) < 4.78 is 16.9. The molecule has 0 aliphatic heterocycles.